The highest BCUT2D eigenvalue weighted by Gasteiger charge is 2.22. The number of phenolic OH excluding ortho intramolecular Hbond substituents is 1. The van der Waals surface area contributed by atoms with Gasteiger partial charge in [0.1, 0.15) is 5.75 Å². The van der Waals surface area contributed by atoms with Crippen LogP contribution in [0.4, 0.5) is 5.69 Å². The van der Waals surface area contributed by atoms with E-state index < -0.39 is 0 Å². The van der Waals surface area contributed by atoms with Crippen LogP contribution >= 0.6 is 0 Å². The Morgan fingerprint density at radius 3 is 2.84 bits per heavy atom. The van der Waals surface area contributed by atoms with Crippen molar-refractivity contribution in [2.24, 2.45) is 0 Å². The number of nitrogens with one attached hydrogen (secondary N) is 1. The molecule has 0 heterocycles. The maximum Gasteiger partial charge on any atom is 0.115 e. The number of benzene rings is 2. The maximum atomic E-state index is 9.53. The molecule has 1 unspecified atom stereocenters. The van der Waals surface area contributed by atoms with Crippen LogP contribution in [0.25, 0.3) is 0 Å². The Hall–Kier alpha value is -1.96. The largest absolute Gasteiger partial charge is 0.508 e. The summed E-state index contributed by atoms with van der Waals surface area (Å²) < 4.78 is 0. The Morgan fingerprint density at radius 1 is 1.16 bits per heavy atom. The molecule has 0 spiro atoms. The second kappa shape index (κ2) is 4.61. The van der Waals surface area contributed by atoms with E-state index >= 15 is 0 Å². The van der Waals surface area contributed by atoms with Gasteiger partial charge < -0.3 is 10.4 Å². The number of hydrogen-bond donors (Lipinski definition) is 2. The lowest BCUT2D eigenvalue weighted by atomic mass is 10.0. The first-order valence-electron chi connectivity index (χ1n) is 6.79. The highest BCUT2D eigenvalue weighted by Crippen LogP contribution is 2.36. The second-order valence-electron chi connectivity index (χ2n) is 5.37. The van der Waals surface area contributed by atoms with E-state index in [2.05, 4.69) is 37.4 Å². The van der Waals surface area contributed by atoms with Gasteiger partial charge in [-0.1, -0.05) is 18.2 Å². The Balaban J connectivity index is 1.89. The summed E-state index contributed by atoms with van der Waals surface area (Å²) in [5, 5.41) is 13.2. The third-order valence-electron chi connectivity index (χ3n) is 4.14. The van der Waals surface area contributed by atoms with Gasteiger partial charge in [0.15, 0.2) is 0 Å². The van der Waals surface area contributed by atoms with Crippen molar-refractivity contribution < 1.29 is 5.11 Å². The molecule has 2 heteroatoms. The Kier molecular flexibility index (Phi) is 2.94. The summed E-state index contributed by atoms with van der Waals surface area (Å²) >= 11 is 0. The van der Waals surface area contributed by atoms with Gasteiger partial charge >= 0.3 is 0 Å². The molecule has 0 fully saturated rings. The molecule has 0 aromatic heterocycles. The van der Waals surface area contributed by atoms with Gasteiger partial charge in [-0.2, -0.15) is 0 Å². The van der Waals surface area contributed by atoms with Crippen LogP contribution in [0.1, 0.15) is 34.7 Å². The zero-order valence-corrected chi connectivity index (χ0v) is 11.4. The van der Waals surface area contributed by atoms with E-state index in [1.54, 1.807) is 6.07 Å². The summed E-state index contributed by atoms with van der Waals surface area (Å²) in [7, 11) is 0. The van der Waals surface area contributed by atoms with Crippen LogP contribution in [0.3, 0.4) is 0 Å². The van der Waals surface area contributed by atoms with E-state index in [1.165, 1.54) is 27.9 Å². The quantitative estimate of drug-likeness (QED) is 0.844. The van der Waals surface area contributed by atoms with Crippen LogP contribution in [-0.2, 0) is 6.42 Å². The Labute approximate surface area is 114 Å². The zero-order chi connectivity index (χ0) is 13.4. The van der Waals surface area contributed by atoms with Crippen LogP contribution in [0.15, 0.2) is 36.4 Å². The molecule has 1 atom stereocenters. The molecule has 19 heavy (non-hydrogen) atoms. The fraction of sp³-hybridized carbons (Fsp3) is 0.294. The fourth-order valence-electron chi connectivity index (χ4n) is 2.85. The Morgan fingerprint density at radius 2 is 2.00 bits per heavy atom. The van der Waals surface area contributed by atoms with E-state index in [0.29, 0.717) is 11.8 Å². The first-order chi connectivity index (χ1) is 9.15. The average molecular weight is 253 g/mol. The summed E-state index contributed by atoms with van der Waals surface area (Å²) in [5.41, 5.74) is 6.43. The van der Waals surface area contributed by atoms with Crippen molar-refractivity contribution in [3.8, 4) is 5.75 Å². The van der Waals surface area contributed by atoms with Crippen molar-refractivity contribution >= 4 is 5.69 Å². The lowest BCUT2D eigenvalue weighted by molar-refractivity contribution is 0.474. The standard InChI is InChI=1S/C17H19NO/c1-11-4-3-5-16(12(11)2)18-17-9-6-13-10-14(19)7-8-15(13)17/h3-5,7-8,10,17-19H,6,9H2,1-2H3. The van der Waals surface area contributed by atoms with Crippen molar-refractivity contribution in [3.63, 3.8) is 0 Å². The smallest absolute Gasteiger partial charge is 0.115 e. The van der Waals surface area contributed by atoms with Gasteiger partial charge in [-0.3, -0.25) is 0 Å². The number of phenols is 1. The number of aromatic hydroxyl groups is 1. The molecule has 0 amide bonds. The van der Waals surface area contributed by atoms with Crippen LogP contribution in [0, 0.1) is 13.8 Å². The monoisotopic (exact) mass is 253 g/mol. The fourth-order valence-corrected chi connectivity index (χ4v) is 2.85. The van der Waals surface area contributed by atoms with Crippen LogP contribution < -0.4 is 5.32 Å². The number of rotatable bonds is 2. The van der Waals surface area contributed by atoms with Crippen molar-refractivity contribution in [2.45, 2.75) is 32.7 Å². The van der Waals surface area contributed by atoms with Crippen LogP contribution in [-0.4, -0.2) is 5.11 Å². The highest BCUT2D eigenvalue weighted by molar-refractivity contribution is 5.56. The third kappa shape index (κ3) is 2.19. The van der Waals surface area contributed by atoms with E-state index in [9.17, 15) is 5.11 Å². The molecular weight excluding hydrogens is 234 g/mol. The molecule has 0 bridgehead atoms. The molecule has 3 rings (SSSR count). The minimum absolute atomic E-state index is 0.357. The first-order valence-corrected chi connectivity index (χ1v) is 6.79. The predicted molar refractivity (Wildman–Crippen MR) is 78.7 cm³/mol. The van der Waals surface area contributed by atoms with E-state index in [0.717, 1.165) is 12.8 Å². The summed E-state index contributed by atoms with van der Waals surface area (Å²) in [5.74, 6) is 0.367. The molecule has 2 N–H and O–H groups in total. The SMILES string of the molecule is Cc1cccc(NC2CCc3cc(O)ccc32)c1C. The molecule has 0 aliphatic heterocycles. The molecule has 0 radical (unpaired) electrons. The second-order valence-corrected chi connectivity index (χ2v) is 5.37. The van der Waals surface area contributed by atoms with Crippen molar-refractivity contribution in [2.75, 3.05) is 5.32 Å². The normalized spacial score (nSPS) is 17.3. The van der Waals surface area contributed by atoms with Gasteiger partial charge in [-0.25, -0.2) is 0 Å². The van der Waals surface area contributed by atoms with E-state index in [4.69, 9.17) is 0 Å². The number of aryl methyl sites for hydroxylation is 2. The van der Waals surface area contributed by atoms with Gasteiger partial charge in [0.2, 0.25) is 0 Å². The zero-order valence-electron chi connectivity index (χ0n) is 11.4. The first kappa shape index (κ1) is 12.1. The van der Waals surface area contributed by atoms with Gasteiger partial charge in [-0.05, 0) is 67.1 Å². The van der Waals surface area contributed by atoms with Crippen molar-refractivity contribution in [3.05, 3.63) is 58.7 Å². The maximum absolute atomic E-state index is 9.53. The van der Waals surface area contributed by atoms with Gasteiger partial charge in [-0.15, -0.1) is 0 Å². The molecule has 2 nitrogen and oxygen atoms in total. The molecular formula is C17H19NO. The summed E-state index contributed by atoms with van der Waals surface area (Å²) in [6.45, 7) is 4.30. The van der Waals surface area contributed by atoms with Crippen molar-refractivity contribution in [1.29, 1.82) is 0 Å². The molecule has 2 aromatic rings. The lowest BCUT2D eigenvalue weighted by Crippen LogP contribution is -2.08. The summed E-state index contributed by atoms with van der Waals surface area (Å²) in [6.07, 6.45) is 2.12. The molecule has 0 saturated heterocycles. The average Bonchev–Trinajstić information content (AvgIpc) is 2.77. The molecule has 98 valence electrons. The highest BCUT2D eigenvalue weighted by atomic mass is 16.3. The summed E-state index contributed by atoms with van der Waals surface area (Å²) in [4.78, 5) is 0. The number of hydrogen-bond acceptors (Lipinski definition) is 2. The molecule has 1 aliphatic carbocycles. The minimum atomic E-state index is 0.357. The number of fused-ring (bicyclic) bond motifs is 1. The van der Waals surface area contributed by atoms with Gasteiger partial charge in [0, 0.05) is 5.69 Å². The van der Waals surface area contributed by atoms with Gasteiger partial charge in [0.25, 0.3) is 0 Å². The summed E-state index contributed by atoms with van der Waals surface area (Å²) in [6, 6.07) is 12.4. The third-order valence-corrected chi connectivity index (χ3v) is 4.14. The molecule has 0 saturated carbocycles. The minimum Gasteiger partial charge on any atom is -0.508 e. The predicted octanol–water partition coefficient (Wildman–Crippen LogP) is 4.11. The van der Waals surface area contributed by atoms with E-state index in [1.807, 2.05) is 12.1 Å². The molecule has 2 aromatic carbocycles. The van der Waals surface area contributed by atoms with Crippen molar-refractivity contribution in [1.82, 2.24) is 0 Å². The van der Waals surface area contributed by atoms with Gasteiger partial charge in [0.05, 0.1) is 6.04 Å². The van der Waals surface area contributed by atoms with E-state index in [-0.39, 0.29) is 0 Å². The topological polar surface area (TPSA) is 32.3 Å². The number of anilines is 1. The molecule has 1 aliphatic rings. The van der Waals surface area contributed by atoms with Crippen LogP contribution in [0.5, 0.6) is 5.75 Å². The Bertz CT molecular complexity index is 619. The lowest BCUT2D eigenvalue weighted by Gasteiger charge is -2.18. The van der Waals surface area contributed by atoms with Crippen LogP contribution in [0.2, 0.25) is 0 Å².